The van der Waals surface area contributed by atoms with Gasteiger partial charge in [-0.2, -0.15) is 0 Å². The van der Waals surface area contributed by atoms with Crippen molar-refractivity contribution in [1.29, 1.82) is 0 Å². The van der Waals surface area contributed by atoms with Gasteiger partial charge in [0, 0.05) is 12.0 Å². The third-order valence-corrected chi connectivity index (χ3v) is 3.90. The van der Waals surface area contributed by atoms with Crippen LogP contribution in [0.2, 0.25) is 0 Å². The summed E-state index contributed by atoms with van der Waals surface area (Å²) in [5.74, 6) is 0.233. The average Bonchev–Trinajstić information content (AvgIpc) is 2.82. The molecule has 0 radical (unpaired) electrons. The number of allylic oxidation sites excluding steroid dienone is 4. The summed E-state index contributed by atoms with van der Waals surface area (Å²) in [5.41, 5.74) is 5.84. The number of hydrogen-bond acceptors (Lipinski definition) is 1. The zero-order chi connectivity index (χ0) is 14.9. The molecule has 0 N–H and O–H groups in total. The van der Waals surface area contributed by atoms with E-state index in [1.54, 1.807) is 0 Å². The summed E-state index contributed by atoms with van der Waals surface area (Å²) in [6.45, 7) is 10.6. The smallest absolute Gasteiger partial charge is 0.163 e. The van der Waals surface area contributed by atoms with Crippen LogP contribution in [-0.2, 0) is 5.41 Å². The van der Waals surface area contributed by atoms with Crippen LogP contribution < -0.4 is 0 Å². The van der Waals surface area contributed by atoms with E-state index >= 15 is 0 Å². The van der Waals surface area contributed by atoms with Crippen molar-refractivity contribution in [1.82, 2.24) is 0 Å². The highest BCUT2D eigenvalue weighted by Crippen LogP contribution is 2.32. The summed E-state index contributed by atoms with van der Waals surface area (Å²) in [7, 11) is 0. The number of rotatable bonds is 3. The van der Waals surface area contributed by atoms with Crippen LogP contribution in [0.5, 0.6) is 0 Å². The molecule has 0 amide bonds. The predicted molar refractivity (Wildman–Crippen MR) is 86.1 cm³/mol. The maximum Gasteiger partial charge on any atom is 0.163 e. The third kappa shape index (κ3) is 2.92. The number of benzene rings is 1. The van der Waals surface area contributed by atoms with Gasteiger partial charge >= 0.3 is 0 Å². The molecule has 2 rings (SSSR count). The predicted octanol–water partition coefficient (Wildman–Crippen LogP) is 5.31. The Balaban J connectivity index is 2.53. The standard InChI is InChI=1S/C19H24O/c1-6-18(20)17-12-15(19(3,4)5)9-10-16(17)14-8-7-13(2)11-14/h7,9-12H,6,8H2,1-5H3. The van der Waals surface area contributed by atoms with Gasteiger partial charge in [-0.3, -0.25) is 4.79 Å². The van der Waals surface area contributed by atoms with Gasteiger partial charge in [-0.25, -0.2) is 0 Å². The number of carbonyl (C=O) groups is 1. The zero-order valence-electron chi connectivity index (χ0n) is 13.2. The van der Waals surface area contributed by atoms with E-state index in [0.29, 0.717) is 6.42 Å². The topological polar surface area (TPSA) is 17.1 Å². The van der Waals surface area contributed by atoms with Crippen molar-refractivity contribution >= 4 is 11.4 Å². The van der Waals surface area contributed by atoms with Crippen LogP contribution in [0.1, 0.15) is 68.9 Å². The van der Waals surface area contributed by atoms with E-state index in [2.05, 4.69) is 58.0 Å². The Morgan fingerprint density at radius 2 is 1.95 bits per heavy atom. The fraction of sp³-hybridized carbons (Fsp3) is 0.421. The molecule has 1 heteroatoms. The molecule has 0 saturated heterocycles. The Labute approximate surface area is 122 Å². The van der Waals surface area contributed by atoms with Gasteiger partial charge in [-0.15, -0.1) is 0 Å². The molecule has 1 nitrogen and oxygen atoms in total. The van der Waals surface area contributed by atoms with E-state index < -0.39 is 0 Å². The van der Waals surface area contributed by atoms with E-state index in [1.165, 1.54) is 16.7 Å². The lowest BCUT2D eigenvalue weighted by molar-refractivity contribution is 0.0988. The molecule has 0 saturated carbocycles. The Hall–Kier alpha value is -1.63. The number of Topliss-reactive ketones (excluding diaryl/α,β-unsaturated/α-hetero) is 1. The molecule has 1 aliphatic rings. The highest BCUT2D eigenvalue weighted by molar-refractivity contribution is 6.01. The molecule has 1 aliphatic carbocycles. The lowest BCUT2D eigenvalue weighted by Crippen LogP contribution is -2.13. The van der Waals surface area contributed by atoms with E-state index in [9.17, 15) is 4.79 Å². The number of ketones is 1. The fourth-order valence-corrected chi connectivity index (χ4v) is 2.56. The summed E-state index contributed by atoms with van der Waals surface area (Å²) >= 11 is 0. The van der Waals surface area contributed by atoms with E-state index in [0.717, 1.165) is 17.5 Å². The molecule has 0 bridgehead atoms. The largest absolute Gasteiger partial charge is 0.294 e. The Kier molecular flexibility index (Phi) is 3.99. The van der Waals surface area contributed by atoms with Crippen LogP contribution in [0.3, 0.4) is 0 Å². The highest BCUT2D eigenvalue weighted by atomic mass is 16.1. The molecular weight excluding hydrogens is 244 g/mol. The minimum atomic E-state index is 0.0690. The van der Waals surface area contributed by atoms with Crippen molar-refractivity contribution in [2.75, 3.05) is 0 Å². The molecule has 20 heavy (non-hydrogen) atoms. The first-order chi connectivity index (χ1) is 9.32. The van der Waals surface area contributed by atoms with Crippen LogP contribution >= 0.6 is 0 Å². The molecule has 1 aromatic carbocycles. The lowest BCUT2D eigenvalue weighted by atomic mass is 9.83. The first kappa shape index (κ1) is 14.8. The Morgan fingerprint density at radius 1 is 1.25 bits per heavy atom. The average molecular weight is 268 g/mol. The molecule has 106 valence electrons. The SMILES string of the molecule is CCC(=O)c1cc(C(C)(C)C)ccc1C1=CC(C)=CC1. The normalized spacial score (nSPS) is 15.1. The van der Waals surface area contributed by atoms with E-state index in [-0.39, 0.29) is 11.2 Å². The molecule has 0 unspecified atom stereocenters. The van der Waals surface area contributed by atoms with Gasteiger partial charge in [0.15, 0.2) is 5.78 Å². The fourth-order valence-electron chi connectivity index (χ4n) is 2.56. The first-order valence-corrected chi connectivity index (χ1v) is 7.38. The minimum absolute atomic E-state index is 0.0690. The molecular formula is C19H24O. The van der Waals surface area contributed by atoms with Gasteiger partial charge in [-0.05, 0) is 41.5 Å². The maximum absolute atomic E-state index is 12.3. The van der Waals surface area contributed by atoms with Gasteiger partial charge < -0.3 is 0 Å². The maximum atomic E-state index is 12.3. The quantitative estimate of drug-likeness (QED) is 0.679. The summed E-state index contributed by atoms with van der Waals surface area (Å²) in [6.07, 6.45) is 5.90. The van der Waals surface area contributed by atoms with E-state index in [4.69, 9.17) is 0 Å². The van der Waals surface area contributed by atoms with Crippen molar-refractivity contribution in [2.24, 2.45) is 0 Å². The Bertz CT molecular complexity index is 595. The first-order valence-electron chi connectivity index (χ1n) is 7.38. The summed E-state index contributed by atoms with van der Waals surface area (Å²) in [4.78, 5) is 12.3. The molecule has 1 aromatic rings. The van der Waals surface area contributed by atoms with Gasteiger partial charge in [0.05, 0.1) is 0 Å². The molecule has 0 aliphatic heterocycles. The molecule has 0 atom stereocenters. The molecule has 0 spiro atoms. The van der Waals surface area contributed by atoms with Gasteiger partial charge in [0.2, 0.25) is 0 Å². The van der Waals surface area contributed by atoms with Crippen molar-refractivity contribution < 1.29 is 4.79 Å². The van der Waals surface area contributed by atoms with Crippen LogP contribution in [0.15, 0.2) is 35.9 Å². The molecule has 0 aromatic heterocycles. The second kappa shape index (κ2) is 5.40. The summed E-state index contributed by atoms with van der Waals surface area (Å²) in [5, 5.41) is 0. The molecule has 0 heterocycles. The second-order valence-corrected chi connectivity index (χ2v) is 6.61. The summed E-state index contributed by atoms with van der Waals surface area (Å²) < 4.78 is 0. The number of carbonyl (C=O) groups excluding carboxylic acids is 1. The van der Waals surface area contributed by atoms with Crippen molar-refractivity contribution in [3.63, 3.8) is 0 Å². The molecule has 0 fully saturated rings. The van der Waals surface area contributed by atoms with Crippen LogP contribution in [0.4, 0.5) is 0 Å². The second-order valence-electron chi connectivity index (χ2n) is 6.61. The van der Waals surface area contributed by atoms with Crippen molar-refractivity contribution in [2.45, 2.75) is 52.9 Å². The van der Waals surface area contributed by atoms with Crippen molar-refractivity contribution in [3.05, 3.63) is 52.6 Å². The van der Waals surface area contributed by atoms with Crippen LogP contribution in [0.25, 0.3) is 5.57 Å². The van der Waals surface area contributed by atoms with Crippen LogP contribution in [-0.4, -0.2) is 5.78 Å². The number of hydrogen-bond donors (Lipinski definition) is 0. The Morgan fingerprint density at radius 3 is 2.45 bits per heavy atom. The van der Waals surface area contributed by atoms with E-state index in [1.807, 2.05) is 6.92 Å². The van der Waals surface area contributed by atoms with Crippen LogP contribution in [0, 0.1) is 0 Å². The monoisotopic (exact) mass is 268 g/mol. The zero-order valence-corrected chi connectivity index (χ0v) is 13.2. The van der Waals surface area contributed by atoms with Gasteiger partial charge in [-0.1, -0.05) is 57.6 Å². The van der Waals surface area contributed by atoms with Crippen molar-refractivity contribution in [3.8, 4) is 0 Å². The lowest BCUT2D eigenvalue weighted by Gasteiger charge is -2.21. The highest BCUT2D eigenvalue weighted by Gasteiger charge is 2.20. The van der Waals surface area contributed by atoms with Gasteiger partial charge in [0.25, 0.3) is 0 Å². The summed E-state index contributed by atoms with van der Waals surface area (Å²) in [6, 6.07) is 6.38. The van der Waals surface area contributed by atoms with Gasteiger partial charge in [0.1, 0.15) is 0 Å². The third-order valence-electron chi connectivity index (χ3n) is 3.90. The minimum Gasteiger partial charge on any atom is -0.294 e.